The number of nitrogens with zero attached hydrogens (tertiary/aromatic N) is 4. The fourth-order valence-electron chi connectivity index (χ4n) is 3.27. The predicted molar refractivity (Wildman–Crippen MR) is 107 cm³/mol. The van der Waals surface area contributed by atoms with Gasteiger partial charge in [0.05, 0.1) is 12.0 Å². The first-order valence-electron chi connectivity index (χ1n) is 9.26. The van der Waals surface area contributed by atoms with E-state index in [0.717, 1.165) is 11.4 Å². The van der Waals surface area contributed by atoms with Crippen LogP contribution in [-0.2, 0) is 16.4 Å². The first-order chi connectivity index (χ1) is 13.6. The van der Waals surface area contributed by atoms with Gasteiger partial charge in [0, 0.05) is 26.2 Å². The topological polar surface area (TPSA) is 79.5 Å². The lowest BCUT2D eigenvalue weighted by Gasteiger charge is -2.34. The molecule has 0 aliphatic carbocycles. The fourth-order valence-corrected chi connectivity index (χ4v) is 4.74. The molecule has 7 nitrogen and oxygen atoms in total. The maximum atomic E-state index is 12.6. The molecule has 3 aromatic rings. The molecule has 2 aromatic heterocycles. The molecule has 1 saturated heterocycles. The van der Waals surface area contributed by atoms with Gasteiger partial charge in [0.15, 0.2) is 11.6 Å². The SMILES string of the molecule is O=S(=O)(CCc1ccccc1)N1CCN(c2ccc(-c3ccco3)nn2)CC1. The number of aryl methyl sites for hydroxylation is 1. The van der Waals surface area contributed by atoms with Gasteiger partial charge in [0.25, 0.3) is 0 Å². The highest BCUT2D eigenvalue weighted by atomic mass is 32.2. The number of benzene rings is 1. The summed E-state index contributed by atoms with van der Waals surface area (Å²) in [5.41, 5.74) is 1.72. The molecule has 0 radical (unpaired) electrons. The quantitative estimate of drug-likeness (QED) is 0.635. The van der Waals surface area contributed by atoms with Crippen LogP contribution in [-0.4, -0.2) is 54.9 Å². The summed E-state index contributed by atoms with van der Waals surface area (Å²) in [6.07, 6.45) is 2.13. The Morgan fingerprint density at radius 1 is 0.893 bits per heavy atom. The van der Waals surface area contributed by atoms with Gasteiger partial charge < -0.3 is 9.32 Å². The van der Waals surface area contributed by atoms with Gasteiger partial charge in [-0.1, -0.05) is 30.3 Å². The molecule has 28 heavy (non-hydrogen) atoms. The van der Waals surface area contributed by atoms with E-state index in [9.17, 15) is 8.42 Å². The Bertz CT molecular complexity index is 982. The molecule has 0 N–H and O–H groups in total. The van der Waals surface area contributed by atoms with Crippen molar-refractivity contribution in [3.63, 3.8) is 0 Å². The first-order valence-corrected chi connectivity index (χ1v) is 10.9. The number of hydrogen-bond acceptors (Lipinski definition) is 6. The first kappa shape index (κ1) is 18.6. The van der Waals surface area contributed by atoms with Crippen molar-refractivity contribution in [2.24, 2.45) is 0 Å². The number of aromatic nitrogens is 2. The van der Waals surface area contributed by atoms with E-state index in [-0.39, 0.29) is 5.75 Å². The third kappa shape index (κ3) is 4.23. The number of furan rings is 1. The summed E-state index contributed by atoms with van der Waals surface area (Å²) in [4.78, 5) is 2.06. The second kappa shape index (κ2) is 8.12. The van der Waals surface area contributed by atoms with Crippen molar-refractivity contribution in [1.82, 2.24) is 14.5 Å². The number of anilines is 1. The second-order valence-electron chi connectivity index (χ2n) is 6.69. The Morgan fingerprint density at radius 2 is 1.68 bits per heavy atom. The van der Waals surface area contributed by atoms with Gasteiger partial charge in [-0.25, -0.2) is 8.42 Å². The lowest BCUT2D eigenvalue weighted by atomic mass is 10.2. The van der Waals surface area contributed by atoms with Crippen molar-refractivity contribution in [3.8, 4) is 11.5 Å². The van der Waals surface area contributed by atoms with Crippen molar-refractivity contribution in [3.05, 3.63) is 66.4 Å². The van der Waals surface area contributed by atoms with Crippen LogP contribution in [0.1, 0.15) is 5.56 Å². The highest BCUT2D eigenvalue weighted by Gasteiger charge is 2.27. The van der Waals surface area contributed by atoms with Gasteiger partial charge in [0.2, 0.25) is 10.0 Å². The molecule has 0 bridgehead atoms. The van der Waals surface area contributed by atoms with Gasteiger partial charge >= 0.3 is 0 Å². The molecular formula is C20H22N4O3S. The summed E-state index contributed by atoms with van der Waals surface area (Å²) < 4.78 is 32.2. The van der Waals surface area contributed by atoms with Gasteiger partial charge in [-0.2, -0.15) is 4.31 Å². The number of rotatable bonds is 6. The van der Waals surface area contributed by atoms with E-state index in [1.807, 2.05) is 54.6 Å². The zero-order valence-electron chi connectivity index (χ0n) is 15.4. The zero-order valence-corrected chi connectivity index (χ0v) is 16.3. The zero-order chi connectivity index (χ0) is 19.4. The van der Waals surface area contributed by atoms with Crippen molar-refractivity contribution in [2.45, 2.75) is 6.42 Å². The predicted octanol–water partition coefficient (Wildman–Crippen LogP) is 2.43. The van der Waals surface area contributed by atoms with Crippen molar-refractivity contribution in [1.29, 1.82) is 0 Å². The Morgan fingerprint density at radius 3 is 2.32 bits per heavy atom. The minimum Gasteiger partial charge on any atom is -0.463 e. The maximum Gasteiger partial charge on any atom is 0.214 e. The lowest BCUT2D eigenvalue weighted by Crippen LogP contribution is -2.49. The van der Waals surface area contributed by atoms with Crippen molar-refractivity contribution < 1.29 is 12.8 Å². The molecule has 1 aromatic carbocycles. The molecule has 1 aliphatic heterocycles. The van der Waals surface area contributed by atoms with Crippen LogP contribution >= 0.6 is 0 Å². The molecule has 3 heterocycles. The second-order valence-corrected chi connectivity index (χ2v) is 8.78. The average molecular weight is 398 g/mol. The van der Waals surface area contributed by atoms with Crippen LogP contribution in [0.3, 0.4) is 0 Å². The van der Waals surface area contributed by atoms with Crippen LogP contribution in [0.5, 0.6) is 0 Å². The van der Waals surface area contributed by atoms with E-state index in [4.69, 9.17) is 4.42 Å². The van der Waals surface area contributed by atoms with Crippen LogP contribution < -0.4 is 4.90 Å². The summed E-state index contributed by atoms with van der Waals surface area (Å²) in [5, 5.41) is 8.48. The van der Waals surface area contributed by atoms with Gasteiger partial charge in [-0.15, -0.1) is 10.2 Å². The van der Waals surface area contributed by atoms with Crippen LogP contribution in [0, 0.1) is 0 Å². The summed E-state index contributed by atoms with van der Waals surface area (Å²) in [7, 11) is -3.27. The number of sulfonamides is 1. The van der Waals surface area contributed by atoms with Gasteiger partial charge in [-0.3, -0.25) is 0 Å². The van der Waals surface area contributed by atoms with E-state index in [2.05, 4.69) is 15.1 Å². The Labute approximate surface area is 164 Å². The summed E-state index contributed by atoms with van der Waals surface area (Å²) in [5.74, 6) is 1.55. The summed E-state index contributed by atoms with van der Waals surface area (Å²) in [6, 6.07) is 17.1. The van der Waals surface area contributed by atoms with Crippen LogP contribution in [0.15, 0.2) is 65.3 Å². The standard InChI is InChI=1S/C20H22N4O3S/c25-28(26,16-10-17-5-2-1-3-6-17)24-13-11-23(12-14-24)20-9-8-18(21-22-20)19-7-4-15-27-19/h1-9,15H,10-14,16H2. The number of piperazine rings is 1. The molecular weight excluding hydrogens is 376 g/mol. The molecule has 0 atom stereocenters. The smallest absolute Gasteiger partial charge is 0.214 e. The highest BCUT2D eigenvalue weighted by molar-refractivity contribution is 7.89. The molecule has 1 fully saturated rings. The van der Waals surface area contributed by atoms with E-state index >= 15 is 0 Å². The summed E-state index contributed by atoms with van der Waals surface area (Å²) >= 11 is 0. The van der Waals surface area contributed by atoms with E-state index in [1.165, 1.54) is 0 Å². The maximum absolute atomic E-state index is 12.6. The van der Waals surface area contributed by atoms with Crippen LogP contribution in [0.4, 0.5) is 5.82 Å². The molecule has 0 saturated carbocycles. The van der Waals surface area contributed by atoms with Crippen LogP contribution in [0.25, 0.3) is 11.5 Å². The van der Waals surface area contributed by atoms with E-state index in [0.29, 0.717) is 44.1 Å². The summed E-state index contributed by atoms with van der Waals surface area (Å²) in [6.45, 7) is 2.11. The van der Waals surface area contributed by atoms with Gasteiger partial charge in [0.1, 0.15) is 5.69 Å². The monoisotopic (exact) mass is 398 g/mol. The fraction of sp³-hybridized carbons (Fsp3) is 0.300. The Balaban J connectivity index is 1.33. The molecule has 1 aliphatic rings. The lowest BCUT2D eigenvalue weighted by molar-refractivity contribution is 0.383. The molecule has 0 spiro atoms. The van der Waals surface area contributed by atoms with Crippen LogP contribution in [0.2, 0.25) is 0 Å². The van der Waals surface area contributed by atoms with Crippen molar-refractivity contribution >= 4 is 15.8 Å². The Hall–Kier alpha value is -2.71. The minimum atomic E-state index is -3.27. The van der Waals surface area contributed by atoms with E-state index < -0.39 is 10.0 Å². The normalized spacial score (nSPS) is 15.6. The molecule has 0 unspecified atom stereocenters. The molecule has 146 valence electrons. The minimum absolute atomic E-state index is 0.134. The molecule has 0 amide bonds. The highest BCUT2D eigenvalue weighted by Crippen LogP contribution is 2.20. The third-order valence-corrected chi connectivity index (χ3v) is 6.74. The molecule has 4 rings (SSSR count). The third-order valence-electron chi connectivity index (χ3n) is 4.87. The van der Waals surface area contributed by atoms with Gasteiger partial charge in [-0.05, 0) is 36.2 Å². The molecule has 8 heteroatoms. The number of hydrogen-bond donors (Lipinski definition) is 0. The van der Waals surface area contributed by atoms with E-state index in [1.54, 1.807) is 10.6 Å². The average Bonchev–Trinajstić information content (AvgIpc) is 3.28. The largest absolute Gasteiger partial charge is 0.463 e. The Kier molecular flexibility index (Phi) is 5.40. The van der Waals surface area contributed by atoms with Crippen molar-refractivity contribution in [2.75, 3.05) is 36.8 Å².